The van der Waals surface area contributed by atoms with E-state index in [2.05, 4.69) is 22.9 Å². The zero-order valence-electron chi connectivity index (χ0n) is 12.3. The molecule has 1 atom stereocenters. The Morgan fingerprint density at radius 1 is 1.14 bits per heavy atom. The lowest BCUT2D eigenvalue weighted by Gasteiger charge is -2.15. The molecule has 0 heterocycles. The number of ether oxygens (including phenoxy) is 2. The molecule has 2 aromatic rings. The SMILES string of the molecule is CCCOc1ccc(C(N)c2cccc(OC)c2)cc1Br. The first-order valence-corrected chi connectivity index (χ1v) is 7.76. The van der Waals surface area contributed by atoms with Crippen LogP contribution in [-0.4, -0.2) is 13.7 Å². The standard InChI is InChI=1S/C17H20BrNO2/c1-3-9-21-16-8-7-13(11-15(16)18)17(19)12-5-4-6-14(10-12)20-2/h4-8,10-11,17H,3,9,19H2,1-2H3. The van der Waals surface area contributed by atoms with Crippen LogP contribution in [0.4, 0.5) is 0 Å². The summed E-state index contributed by atoms with van der Waals surface area (Å²) >= 11 is 3.54. The van der Waals surface area contributed by atoms with E-state index in [-0.39, 0.29) is 6.04 Å². The van der Waals surface area contributed by atoms with Crippen molar-refractivity contribution in [2.45, 2.75) is 19.4 Å². The van der Waals surface area contributed by atoms with Crippen LogP contribution < -0.4 is 15.2 Å². The van der Waals surface area contributed by atoms with Crippen molar-refractivity contribution in [2.24, 2.45) is 5.73 Å². The van der Waals surface area contributed by atoms with Gasteiger partial charge in [0.15, 0.2) is 0 Å². The number of methoxy groups -OCH3 is 1. The van der Waals surface area contributed by atoms with E-state index in [0.29, 0.717) is 6.61 Å². The topological polar surface area (TPSA) is 44.5 Å². The summed E-state index contributed by atoms with van der Waals surface area (Å²) < 4.78 is 11.8. The number of nitrogens with two attached hydrogens (primary N) is 1. The molecule has 0 aromatic heterocycles. The first-order valence-electron chi connectivity index (χ1n) is 6.97. The van der Waals surface area contributed by atoms with Crippen LogP contribution in [0.3, 0.4) is 0 Å². The first-order chi connectivity index (χ1) is 10.2. The van der Waals surface area contributed by atoms with E-state index in [1.54, 1.807) is 7.11 Å². The van der Waals surface area contributed by atoms with Gasteiger partial charge in [-0.25, -0.2) is 0 Å². The third-order valence-corrected chi connectivity index (χ3v) is 3.85. The molecular formula is C17H20BrNO2. The highest BCUT2D eigenvalue weighted by Gasteiger charge is 2.12. The molecular weight excluding hydrogens is 330 g/mol. The largest absolute Gasteiger partial charge is 0.497 e. The number of hydrogen-bond donors (Lipinski definition) is 1. The van der Waals surface area contributed by atoms with Gasteiger partial charge in [-0.3, -0.25) is 0 Å². The maximum Gasteiger partial charge on any atom is 0.133 e. The smallest absolute Gasteiger partial charge is 0.133 e. The highest BCUT2D eigenvalue weighted by Crippen LogP contribution is 2.30. The minimum atomic E-state index is -0.198. The minimum absolute atomic E-state index is 0.198. The molecule has 0 spiro atoms. The molecule has 0 fully saturated rings. The summed E-state index contributed by atoms with van der Waals surface area (Å²) in [7, 11) is 1.65. The van der Waals surface area contributed by atoms with Gasteiger partial charge in [0, 0.05) is 0 Å². The fraction of sp³-hybridized carbons (Fsp3) is 0.294. The Morgan fingerprint density at radius 3 is 2.57 bits per heavy atom. The molecule has 21 heavy (non-hydrogen) atoms. The van der Waals surface area contributed by atoms with Crippen molar-refractivity contribution < 1.29 is 9.47 Å². The van der Waals surface area contributed by atoms with Gasteiger partial charge in [0.1, 0.15) is 11.5 Å². The van der Waals surface area contributed by atoms with E-state index < -0.39 is 0 Å². The van der Waals surface area contributed by atoms with Gasteiger partial charge in [0.2, 0.25) is 0 Å². The quantitative estimate of drug-likeness (QED) is 0.845. The summed E-state index contributed by atoms with van der Waals surface area (Å²) in [5, 5.41) is 0. The third-order valence-electron chi connectivity index (χ3n) is 3.23. The summed E-state index contributed by atoms with van der Waals surface area (Å²) in [6.45, 7) is 2.79. The van der Waals surface area contributed by atoms with Crippen LogP contribution in [0.1, 0.15) is 30.5 Å². The van der Waals surface area contributed by atoms with Crippen molar-refractivity contribution in [3.63, 3.8) is 0 Å². The Kier molecular flexibility index (Phi) is 5.65. The summed E-state index contributed by atoms with van der Waals surface area (Å²) in [4.78, 5) is 0. The van der Waals surface area contributed by atoms with E-state index in [1.165, 1.54) is 0 Å². The van der Waals surface area contributed by atoms with Crippen molar-refractivity contribution in [2.75, 3.05) is 13.7 Å². The van der Waals surface area contributed by atoms with Crippen LogP contribution in [-0.2, 0) is 0 Å². The molecule has 0 saturated carbocycles. The number of rotatable bonds is 6. The van der Waals surface area contributed by atoms with Crippen molar-refractivity contribution in [1.82, 2.24) is 0 Å². The Hall–Kier alpha value is -1.52. The van der Waals surface area contributed by atoms with Gasteiger partial charge in [0.25, 0.3) is 0 Å². The summed E-state index contributed by atoms with van der Waals surface area (Å²) in [5.41, 5.74) is 8.39. The van der Waals surface area contributed by atoms with Crippen LogP contribution >= 0.6 is 15.9 Å². The highest BCUT2D eigenvalue weighted by molar-refractivity contribution is 9.10. The molecule has 2 rings (SSSR count). The lowest BCUT2D eigenvalue weighted by molar-refractivity contribution is 0.315. The molecule has 112 valence electrons. The molecule has 2 aromatic carbocycles. The number of hydrogen-bond acceptors (Lipinski definition) is 3. The summed E-state index contributed by atoms with van der Waals surface area (Å²) in [5.74, 6) is 1.66. The van der Waals surface area contributed by atoms with E-state index in [9.17, 15) is 0 Å². The predicted octanol–water partition coefficient (Wildman–Crippen LogP) is 4.29. The molecule has 0 aliphatic carbocycles. The second kappa shape index (κ2) is 7.48. The molecule has 0 saturated heterocycles. The second-order valence-electron chi connectivity index (χ2n) is 4.79. The van der Waals surface area contributed by atoms with Crippen LogP contribution in [0.5, 0.6) is 11.5 Å². The molecule has 0 amide bonds. The number of benzene rings is 2. The van der Waals surface area contributed by atoms with Gasteiger partial charge in [-0.05, 0) is 57.7 Å². The molecule has 0 aliphatic rings. The van der Waals surface area contributed by atoms with Crippen LogP contribution in [0.15, 0.2) is 46.9 Å². The van der Waals surface area contributed by atoms with Crippen LogP contribution in [0.25, 0.3) is 0 Å². The molecule has 0 aliphatic heterocycles. The monoisotopic (exact) mass is 349 g/mol. The van der Waals surface area contributed by atoms with Gasteiger partial charge < -0.3 is 15.2 Å². The van der Waals surface area contributed by atoms with Crippen molar-refractivity contribution in [3.05, 3.63) is 58.1 Å². The number of halogens is 1. The first kappa shape index (κ1) is 15.9. The third kappa shape index (κ3) is 3.99. The zero-order chi connectivity index (χ0) is 15.2. The van der Waals surface area contributed by atoms with E-state index >= 15 is 0 Å². The van der Waals surface area contributed by atoms with Gasteiger partial charge in [-0.1, -0.05) is 25.1 Å². The average molecular weight is 350 g/mol. The fourth-order valence-corrected chi connectivity index (χ4v) is 2.58. The van der Waals surface area contributed by atoms with Crippen molar-refractivity contribution in [1.29, 1.82) is 0 Å². The van der Waals surface area contributed by atoms with Crippen molar-refractivity contribution >= 4 is 15.9 Å². The molecule has 0 bridgehead atoms. The Morgan fingerprint density at radius 2 is 1.90 bits per heavy atom. The lowest BCUT2D eigenvalue weighted by Crippen LogP contribution is -2.12. The van der Waals surface area contributed by atoms with E-state index in [0.717, 1.165) is 33.5 Å². The summed E-state index contributed by atoms with van der Waals surface area (Å²) in [6, 6.07) is 13.6. The molecule has 1 unspecified atom stereocenters. The predicted molar refractivity (Wildman–Crippen MR) is 89.0 cm³/mol. The van der Waals surface area contributed by atoms with E-state index in [4.69, 9.17) is 15.2 Å². The van der Waals surface area contributed by atoms with Gasteiger partial charge >= 0.3 is 0 Å². The van der Waals surface area contributed by atoms with Crippen molar-refractivity contribution in [3.8, 4) is 11.5 Å². The Labute approximate surface area is 134 Å². The Bertz CT molecular complexity index is 601. The van der Waals surface area contributed by atoms with Gasteiger partial charge in [-0.15, -0.1) is 0 Å². The normalized spacial score (nSPS) is 12.0. The highest BCUT2D eigenvalue weighted by atomic mass is 79.9. The van der Waals surface area contributed by atoms with Crippen LogP contribution in [0.2, 0.25) is 0 Å². The fourth-order valence-electron chi connectivity index (χ4n) is 2.07. The van der Waals surface area contributed by atoms with Gasteiger partial charge in [0.05, 0.1) is 24.2 Å². The zero-order valence-corrected chi connectivity index (χ0v) is 13.9. The minimum Gasteiger partial charge on any atom is -0.497 e. The molecule has 4 heteroatoms. The van der Waals surface area contributed by atoms with Gasteiger partial charge in [-0.2, -0.15) is 0 Å². The molecule has 0 radical (unpaired) electrons. The average Bonchev–Trinajstić information content (AvgIpc) is 2.53. The second-order valence-corrected chi connectivity index (χ2v) is 5.65. The maximum atomic E-state index is 6.34. The van der Waals surface area contributed by atoms with Crippen LogP contribution in [0, 0.1) is 0 Å². The summed E-state index contributed by atoms with van der Waals surface area (Å²) in [6.07, 6.45) is 0.984. The molecule has 3 nitrogen and oxygen atoms in total. The van der Waals surface area contributed by atoms with E-state index in [1.807, 2.05) is 42.5 Å². The molecule has 2 N–H and O–H groups in total. The maximum absolute atomic E-state index is 6.34. The Balaban J connectivity index is 2.22. The lowest BCUT2D eigenvalue weighted by atomic mass is 9.99.